The molecule has 1 amide bonds. The predicted molar refractivity (Wildman–Crippen MR) is 72.5 cm³/mol. The van der Waals surface area contributed by atoms with Crippen molar-refractivity contribution in [2.45, 2.75) is 13.1 Å². The van der Waals surface area contributed by atoms with E-state index in [1.165, 1.54) is 13.0 Å². The van der Waals surface area contributed by atoms with Crippen LogP contribution in [0.15, 0.2) is 30.4 Å². The Labute approximate surface area is 127 Å². The van der Waals surface area contributed by atoms with Crippen molar-refractivity contribution in [3.8, 4) is 0 Å². The van der Waals surface area contributed by atoms with Crippen LogP contribution in [0.5, 0.6) is 0 Å². The van der Waals surface area contributed by atoms with Crippen molar-refractivity contribution in [3.63, 3.8) is 0 Å². The van der Waals surface area contributed by atoms with Crippen LogP contribution in [-0.2, 0) is 20.5 Å². The average molecular weight is 332 g/mol. The molecule has 10 heteroatoms. The zero-order chi connectivity index (χ0) is 17.6. The normalized spacial score (nSPS) is 11.3. The maximum absolute atomic E-state index is 12.9. The summed E-state index contributed by atoms with van der Waals surface area (Å²) in [5, 5.41) is 12.4. The summed E-state index contributed by atoms with van der Waals surface area (Å²) in [4.78, 5) is 32.1. The topological polar surface area (TPSA) is 98.5 Å². The van der Waals surface area contributed by atoms with Crippen molar-refractivity contribution in [1.29, 1.82) is 0 Å². The van der Waals surface area contributed by atoms with Crippen molar-refractivity contribution in [2.24, 2.45) is 0 Å². The van der Waals surface area contributed by atoms with Crippen molar-refractivity contribution in [1.82, 2.24) is 0 Å². The molecule has 0 spiro atoms. The van der Waals surface area contributed by atoms with Crippen molar-refractivity contribution in [3.05, 3.63) is 46.0 Å². The lowest BCUT2D eigenvalue weighted by Gasteiger charge is -2.13. The number of allylic oxidation sites excluding steroid dienone is 1. The molecule has 0 atom stereocenters. The molecule has 7 nitrogen and oxygen atoms in total. The zero-order valence-corrected chi connectivity index (χ0v) is 11.7. The summed E-state index contributed by atoms with van der Waals surface area (Å²) < 4.78 is 43.1. The van der Waals surface area contributed by atoms with Crippen molar-refractivity contribution < 1.29 is 32.4 Å². The second-order valence-electron chi connectivity index (χ2n) is 4.14. The highest BCUT2D eigenvalue weighted by molar-refractivity contribution is 5.94. The van der Waals surface area contributed by atoms with E-state index in [9.17, 15) is 32.9 Å². The van der Waals surface area contributed by atoms with Gasteiger partial charge in [0.05, 0.1) is 16.2 Å². The van der Waals surface area contributed by atoms with Crippen molar-refractivity contribution in [2.75, 3.05) is 11.9 Å². The summed E-state index contributed by atoms with van der Waals surface area (Å²) >= 11 is 0. The number of anilines is 1. The summed E-state index contributed by atoms with van der Waals surface area (Å²) in [6.07, 6.45) is -2.52. The van der Waals surface area contributed by atoms with Crippen LogP contribution in [-0.4, -0.2) is 23.4 Å². The molecule has 23 heavy (non-hydrogen) atoms. The van der Waals surface area contributed by atoms with Crippen molar-refractivity contribution >= 4 is 23.3 Å². The van der Waals surface area contributed by atoms with Gasteiger partial charge >= 0.3 is 12.1 Å². The number of hydrogen-bond acceptors (Lipinski definition) is 5. The van der Waals surface area contributed by atoms with E-state index in [1.54, 1.807) is 0 Å². The SMILES string of the molecule is C/C=C/C(=O)OCC(=O)Nc1ccc([N+](=O)[O-])cc1C(F)(F)F. The number of non-ortho nitro benzene ring substituents is 1. The van der Waals surface area contributed by atoms with E-state index in [2.05, 4.69) is 4.74 Å². The highest BCUT2D eigenvalue weighted by Crippen LogP contribution is 2.37. The van der Waals surface area contributed by atoms with E-state index in [0.717, 1.165) is 18.2 Å². The van der Waals surface area contributed by atoms with E-state index in [1.807, 2.05) is 5.32 Å². The molecule has 0 aromatic heterocycles. The molecule has 0 heterocycles. The number of nitrogens with one attached hydrogen (secondary N) is 1. The number of nitro benzene ring substituents is 1. The van der Waals surface area contributed by atoms with Crippen LogP contribution < -0.4 is 5.32 Å². The minimum absolute atomic E-state index is 0.307. The van der Waals surface area contributed by atoms with Gasteiger partial charge in [-0.05, 0) is 13.0 Å². The molecule has 1 aromatic rings. The van der Waals surface area contributed by atoms with Gasteiger partial charge in [0.1, 0.15) is 0 Å². The third kappa shape index (κ3) is 5.41. The number of ether oxygens (including phenoxy) is 1. The van der Waals surface area contributed by atoms with Gasteiger partial charge in [0.25, 0.3) is 11.6 Å². The first-order chi connectivity index (χ1) is 10.6. The summed E-state index contributed by atoms with van der Waals surface area (Å²) in [6.45, 7) is 0.741. The minimum atomic E-state index is -4.91. The third-order valence-corrected chi connectivity index (χ3v) is 2.44. The number of hydrogen-bond donors (Lipinski definition) is 1. The fourth-order valence-electron chi connectivity index (χ4n) is 1.50. The van der Waals surface area contributed by atoms with Crippen LogP contribution in [0.3, 0.4) is 0 Å². The Morgan fingerprint density at radius 2 is 2.04 bits per heavy atom. The molecular formula is C13H11F3N2O5. The average Bonchev–Trinajstić information content (AvgIpc) is 2.44. The number of rotatable bonds is 5. The Kier molecular flexibility index (Phi) is 5.82. The van der Waals surface area contributed by atoms with Gasteiger partial charge in [-0.2, -0.15) is 13.2 Å². The largest absolute Gasteiger partial charge is 0.452 e. The molecule has 1 N–H and O–H groups in total. The molecule has 0 fully saturated rings. The molecule has 0 aliphatic heterocycles. The Morgan fingerprint density at radius 3 is 2.57 bits per heavy atom. The standard InChI is InChI=1S/C13H11F3N2O5/c1-2-3-12(20)23-7-11(19)17-10-5-4-8(18(21)22)6-9(10)13(14,15)16/h2-6H,7H2,1H3,(H,17,19)/b3-2+. The van der Waals surface area contributed by atoms with Gasteiger partial charge in [-0.1, -0.05) is 6.08 Å². The zero-order valence-electron chi connectivity index (χ0n) is 11.7. The molecule has 1 aromatic carbocycles. The number of carbonyl (C=O) groups is 2. The number of esters is 1. The van der Waals surface area contributed by atoms with E-state index in [4.69, 9.17) is 0 Å². The quantitative estimate of drug-likeness (QED) is 0.387. The highest BCUT2D eigenvalue weighted by Gasteiger charge is 2.35. The van der Waals surface area contributed by atoms with Gasteiger partial charge in [0.2, 0.25) is 0 Å². The number of nitro groups is 1. The minimum Gasteiger partial charge on any atom is -0.452 e. The smallest absolute Gasteiger partial charge is 0.418 e. The maximum Gasteiger partial charge on any atom is 0.418 e. The van der Waals surface area contributed by atoms with Crippen LogP contribution in [0.4, 0.5) is 24.5 Å². The van der Waals surface area contributed by atoms with E-state index < -0.39 is 46.5 Å². The molecule has 0 bridgehead atoms. The van der Waals surface area contributed by atoms with Crippen LogP contribution in [0.1, 0.15) is 12.5 Å². The Hall–Kier alpha value is -2.91. The van der Waals surface area contributed by atoms with E-state index >= 15 is 0 Å². The van der Waals surface area contributed by atoms with Gasteiger partial charge in [0, 0.05) is 18.2 Å². The first-order valence-corrected chi connectivity index (χ1v) is 6.10. The lowest BCUT2D eigenvalue weighted by molar-refractivity contribution is -0.385. The summed E-state index contributed by atoms with van der Waals surface area (Å²) in [5.41, 5.74) is -2.81. The Balaban J connectivity index is 2.93. The van der Waals surface area contributed by atoms with E-state index in [0.29, 0.717) is 6.07 Å². The molecule has 0 unspecified atom stereocenters. The van der Waals surface area contributed by atoms with Gasteiger partial charge < -0.3 is 10.1 Å². The van der Waals surface area contributed by atoms with Gasteiger partial charge in [-0.25, -0.2) is 4.79 Å². The maximum atomic E-state index is 12.9. The predicted octanol–water partition coefficient (Wildman–Crippen LogP) is 2.67. The molecule has 1 rings (SSSR count). The molecular weight excluding hydrogens is 321 g/mol. The fraction of sp³-hybridized carbons (Fsp3) is 0.231. The first kappa shape index (κ1) is 18.1. The number of nitrogens with zero attached hydrogens (tertiary/aromatic N) is 1. The van der Waals surface area contributed by atoms with Crippen LogP contribution in [0, 0.1) is 10.1 Å². The van der Waals surface area contributed by atoms with Crippen LogP contribution in [0.25, 0.3) is 0 Å². The molecule has 0 aliphatic rings. The number of amides is 1. The lowest BCUT2D eigenvalue weighted by atomic mass is 10.1. The second kappa shape index (κ2) is 7.38. The number of alkyl halides is 3. The second-order valence-corrected chi connectivity index (χ2v) is 4.14. The Morgan fingerprint density at radius 1 is 1.39 bits per heavy atom. The van der Waals surface area contributed by atoms with E-state index in [-0.39, 0.29) is 0 Å². The molecule has 0 saturated heterocycles. The van der Waals surface area contributed by atoms with Crippen LogP contribution in [0.2, 0.25) is 0 Å². The van der Waals surface area contributed by atoms with Gasteiger partial charge in [-0.15, -0.1) is 0 Å². The summed E-state index contributed by atoms with van der Waals surface area (Å²) in [5.74, 6) is -1.84. The third-order valence-electron chi connectivity index (χ3n) is 2.44. The monoisotopic (exact) mass is 332 g/mol. The molecule has 0 aliphatic carbocycles. The summed E-state index contributed by atoms with van der Waals surface area (Å²) in [7, 11) is 0. The number of benzene rings is 1. The first-order valence-electron chi connectivity index (χ1n) is 6.10. The number of halogens is 3. The molecule has 0 radical (unpaired) electrons. The highest BCUT2D eigenvalue weighted by atomic mass is 19.4. The van der Waals surface area contributed by atoms with Gasteiger partial charge in [-0.3, -0.25) is 14.9 Å². The fourth-order valence-corrected chi connectivity index (χ4v) is 1.50. The van der Waals surface area contributed by atoms with Crippen LogP contribution >= 0.6 is 0 Å². The summed E-state index contributed by atoms with van der Waals surface area (Å²) in [6, 6.07) is 1.88. The Bertz CT molecular complexity index is 656. The number of carbonyl (C=O) groups excluding carboxylic acids is 2. The molecule has 124 valence electrons. The molecule has 0 saturated carbocycles. The van der Waals surface area contributed by atoms with Gasteiger partial charge in [0.15, 0.2) is 6.61 Å². The lowest BCUT2D eigenvalue weighted by Crippen LogP contribution is -2.22.